The van der Waals surface area contributed by atoms with Crippen LogP contribution in [-0.2, 0) is 0 Å². The number of rotatable bonds is 0. The van der Waals surface area contributed by atoms with Crippen molar-refractivity contribution in [2.45, 2.75) is 41.5 Å². The van der Waals surface area contributed by atoms with Crippen molar-refractivity contribution in [3.05, 3.63) is 81.3 Å². The molecule has 34 heavy (non-hydrogen) atoms. The van der Waals surface area contributed by atoms with Gasteiger partial charge in [-0.1, -0.05) is 65.8 Å². The van der Waals surface area contributed by atoms with Crippen LogP contribution in [0.25, 0.3) is 44.6 Å². The number of fused-ring (bicyclic) bond motifs is 12. The first-order chi connectivity index (χ1) is 16.1. The molecule has 4 aromatic heterocycles. The molecular weight excluding hydrogens is 416 g/mol. The fourth-order valence-electron chi connectivity index (χ4n) is 6.79. The van der Waals surface area contributed by atoms with E-state index in [4.69, 9.17) is 8.83 Å². The van der Waals surface area contributed by atoms with Gasteiger partial charge in [0.15, 0.2) is 0 Å². The molecule has 0 radical (unpaired) electrons. The van der Waals surface area contributed by atoms with Crippen LogP contribution in [0, 0.1) is 22.7 Å². The first-order valence-electron chi connectivity index (χ1n) is 12.4. The van der Waals surface area contributed by atoms with Crippen molar-refractivity contribution in [3.8, 4) is 0 Å². The first-order valence-corrected chi connectivity index (χ1v) is 12.4. The number of allylic oxidation sites excluding steroid dienone is 8. The van der Waals surface area contributed by atoms with E-state index in [2.05, 4.69) is 90.1 Å². The van der Waals surface area contributed by atoms with Crippen LogP contribution in [0.3, 0.4) is 0 Å². The molecule has 0 aromatic carbocycles. The van der Waals surface area contributed by atoms with Gasteiger partial charge in [-0.25, -0.2) is 0 Å². The summed E-state index contributed by atoms with van der Waals surface area (Å²) >= 11 is 0. The van der Waals surface area contributed by atoms with Gasteiger partial charge in [0.2, 0.25) is 0 Å². The molecule has 4 aromatic rings. The second-order valence-corrected chi connectivity index (χ2v) is 12.6. The molecule has 0 saturated heterocycles. The Morgan fingerprint density at radius 1 is 0.529 bits per heavy atom. The minimum absolute atomic E-state index is 0.0522. The molecule has 168 valence electrons. The summed E-state index contributed by atoms with van der Waals surface area (Å²) in [6, 6.07) is 8.61. The minimum Gasteiger partial charge on any atom is -0.456 e. The Bertz CT molecular complexity index is 1680. The average Bonchev–Trinajstić information content (AvgIpc) is 3.57. The van der Waals surface area contributed by atoms with E-state index in [1.54, 1.807) is 0 Å². The van der Waals surface area contributed by atoms with Crippen molar-refractivity contribution in [1.29, 1.82) is 0 Å². The van der Waals surface area contributed by atoms with Gasteiger partial charge in [0.25, 0.3) is 0 Å². The molecule has 0 saturated carbocycles. The Morgan fingerprint density at radius 3 is 1.32 bits per heavy atom. The summed E-state index contributed by atoms with van der Waals surface area (Å²) in [7, 11) is 0. The summed E-state index contributed by atoms with van der Waals surface area (Å²) in [5.74, 6) is 0.577. The summed E-state index contributed by atoms with van der Waals surface area (Å²) in [4.78, 5) is 0. The molecule has 0 N–H and O–H groups in total. The average molecular weight is 445 g/mol. The van der Waals surface area contributed by atoms with E-state index in [1.165, 1.54) is 55.0 Å². The zero-order valence-corrected chi connectivity index (χ0v) is 20.6. The van der Waals surface area contributed by atoms with Crippen molar-refractivity contribution in [2.75, 3.05) is 0 Å². The lowest BCUT2D eigenvalue weighted by atomic mass is 9.57. The highest BCUT2D eigenvalue weighted by Crippen LogP contribution is 2.61. The predicted octanol–water partition coefficient (Wildman–Crippen LogP) is 7.05. The predicted molar refractivity (Wildman–Crippen MR) is 139 cm³/mol. The maximum Gasteiger partial charge on any atom is 0.135 e. The van der Waals surface area contributed by atoms with Crippen molar-refractivity contribution in [3.63, 3.8) is 0 Å². The van der Waals surface area contributed by atoms with Crippen LogP contribution in [0.5, 0.6) is 0 Å². The Morgan fingerprint density at radius 2 is 0.912 bits per heavy atom. The quantitative estimate of drug-likeness (QED) is 0.290. The number of benzene rings is 2. The molecule has 0 spiro atoms. The molecular formula is C32H28O2. The number of hydrogen-bond donors (Lipinski definition) is 0. The second kappa shape index (κ2) is 5.51. The van der Waals surface area contributed by atoms with Gasteiger partial charge in [-0.05, 0) is 68.5 Å². The lowest BCUT2D eigenvalue weighted by molar-refractivity contribution is 0.511. The fourth-order valence-corrected chi connectivity index (χ4v) is 6.79. The molecule has 0 aliphatic heterocycles. The van der Waals surface area contributed by atoms with Crippen molar-refractivity contribution in [1.82, 2.24) is 0 Å². The molecule has 4 heterocycles. The normalized spacial score (nSPS) is 23.6. The van der Waals surface area contributed by atoms with Crippen LogP contribution in [0.15, 0.2) is 68.6 Å². The molecule has 0 amide bonds. The molecule has 8 rings (SSSR count). The third-order valence-corrected chi connectivity index (χ3v) is 8.50. The summed E-state index contributed by atoms with van der Waals surface area (Å²) in [5, 5.41) is 2.63. The third-order valence-electron chi connectivity index (χ3n) is 8.50. The van der Waals surface area contributed by atoms with Gasteiger partial charge in [0.05, 0.1) is 0 Å². The SMILES string of the molecule is CC(C)(C)C1=CC2=c3c(c4ccc3o4)=C3C=C(C(C)(C)C)C=C4c5c(c6ccc5o6)C(=C1)C2C43. The van der Waals surface area contributed by atoms with Gasteiger partial charge in [0.1, 0.15) is 22.3 Å². The van der Waals surface area contributed by atoms with Gasteiger partial charge in [-0.15, -0.1) is 0 Å². The molecule has 2 nitrogen and oxygen atoms in total. The van der Waals surface area contributed by atoms with E-state index >= 15 is 0 Å². The van der Waals surface area contributed by atoms with Gasteiger partial charge >= 0.3 is 0 Å². The van der Waals surface area contributed by atoms with Crippen LogP contribution in [0.2, 0.25) is 0 Å². The van der Waals surface area contributed by atoms with E-state index in [1.807, 2.05) is 0 Å². The first kappa shape index (κ1) is 19.1. The molecule has 4 bridgehead atoms. The van der Waals surface area contributed by atoms with E-state index in [0.717, 1.165) is 22.3 Å². The Kier molecular flexibility index (Phi) is 3.10. The molecule has 4 aliphatic rings. The standard InChI is InChI=1S/C32H28O2/c1-31(2,3)15-11-17-25-18(12-15)28-22-8-10-24(34-22)30(28)20-14-16(32(4,5)6)13-19(26(20)25)29-23-9-7-21(33-23)27(17)29/h7-14,25-26H,1-6H3. The monoisotopic (exact) mass is 444 g/mol. The largest absolute Gasteiger partial charge is 0.456 e. The van der Waals surface area contributed by atoms with E-state index in [-0.39, 0.29) is 22.7 Å². The highest BCUT2D eigenvalue weighted by atomic mass is 16.3. The zero-order valence-electron chi connectivity index (χ0n) is 20.6. The molecule has 4 aliphatic carbocycles. The zero-order chi connectivity index (χ0) is 23.3. The lowest BCUT2D eigenvalue weighted by Gasteiger charge is -2.45. The van der Waals surface area contributed by atoms with Crippen LogP contribution in [0.1, 0.15) is 52.7 Å². The van der Waals surface area contributed by atoms with Crippen molar-refractivity contribution >= 4 is 44.6 Å². The minimum atomic E-state index is 0.0522. The number of hydrogen-bond acceptors (Lipinski definition) is 2. The van der Waals surface area contributed by atoms with Crippen molar-refractivity contribution < 1.29 is 8.83 Å². The molecule has 2 unspecified atom stereocenters. The summed E-state index contributed by atoms with van der Waals surface area (Å²) in [5.41, 5.74) is 15.2. The van der Waals surface area contributed by atoms with Gasteiger partial charge in [-0.3, -0.25) is 0 Å². The van der Waals surface area contributed by atoms with Crippen LogP contribution < -0.4 is 10.4 Å². The summed E-state index contributed by atoms with van der Waals surface area (Å²) < 4.78 is 12.7. The fraction of sp³-hybridized carbons (Fsp3) is 0.312. The van der Waals surface area contributed by atoms with Crippen LogP contribution in [-0.4, -0.2) is 0 Å². The third kappa shape index (κ3) is 2.10. The highest BCUT2D eigenvalue weighted by Gasteiger charge is 2.48. The van der Waals surface area contributed by atoms with Crippen LogP contribution >= 0.6 is 0 Å². The van der Waals surface area contributed by atoms with E-state index < -0.39 is 0 Å². The number of furan rings is 4. The molecule has 2 atom stereocenters. The topological polar surface area (TPSA) is 26.3 Å². The van der Waals surface area contributed by atoms with Crippen molar-refractivity contribution in [2.24, 2.45) is 22.7 Å². The Balaban J connectivity index is 1.62. The highest BCUT2D eigenvalue weighted by molar-refractivity contribution is 6.09. The Labute approximate surface area is 199 Å². The molecule has 0 fully saturated rings. The van der Waals surface area contributed by atoms with E-state index in [0.29, 0.717) is 0 Å². The smallest absolute Gasteiger partial charge is 0.135 e. The lowest BCUT2D eigenvalue weighted by Crippen LogP contribution is -2.43. The van der Waals surface area contributed by atoms with E-state index in [9.17, 15) is 0 Å². The maximum absolute atomic E-state index is 6.35. The summed E-state index contributed by atoms with van der Waals surface area (Å²) in [6.45, 7) is 13.9. The van der Waals surface area contributed by atoms with Gasteiger partial charge in [0, 0.05) is 33.4 Å². The van der Waals surface area contributed by atoms with Gasteiger partial charge < -0.3 is 8.83 Å². The summed E-state index contributed by atoms with van der Waals surface area (Å²) in [6.07, 6.45) is 9.89. The second-order valence-electron chi connectivity index (χ2n) is 12.6. The maximum atomic E-state index is 6.35. The van der Waals surface area contributed by atoms with Gasteiger partial charge in [-0.2, -0.15) is 0 Å². The molecule has 2 heteroatoms. The Hall–Kier alpha value is -3.26. The van der Waals surface area contributed by atoms with Crippen LogP contribution in [0.4, 0.5) is 0 Å².